The lowest BCUT2D eigenvalue weighted by Gasteiger charge is -2.29. The van der Waals surface area contributed by atoms with Crippen LogP contribution in [0.3, 0.4) is 0 Å². The van der Waals surface area contributed by atoms with E-state index in [4.69, 9.17) is 14.2 Å². The van der Waals surface area contributed by atoms with Crippen LogP contribution in [-0.2, 0) is 33.8 Å². The van der Waals surface area contributed by atoms with Crippen LogP contribution in [0.2, 0.25) is 0 Å². The molecule has 0 aromatic heterocycles. The molecule has 1 aliphatic heterocycles. The summed E-state index contributed by atoms with van der Waals surface area (Å²) < 4.78 is 41.1. The molecule has 3 atom stereocenters. The highest BCUT2D eigenvalue weighted by Crippen LogP contribution is 2.45. The molecule has 0 spiro atoms. The lowest BCUT2D eigenvalue weighted by molar-refractivity contribution is -0.166. The standard InChI is InChI=1S/C18H22N2O7S/c1-11-4-6-14(7-5-11)28(23,24)20-19-16-8-18(10-25-12(2)21)17(27-13(3)22)15(16)9-26-18/h4-7,15,17,20H,8-10H2,1-3H3/b19-16-/t15-,17+,18-/m1/s1. The number of carbonyl (C=O) groups is 2. The van der Waals surface area contributed by atoms with Crippen LogP contribution in [0.1, 0.15) is 25.8 Å². The third-order valence-corrected chi connectivity index (χ3v) is 6.02. The van der Waals surface area contributed by atoms with Gasteiger partial charge >= 0.3 is 11.9 Å². The van der Waals surface area contributed by atoms with E-state index in [-0.39, 0.29) is 24.5 Å². The maximum absolute atomic E-state index is 12.5. The Bertz CT molecular complexity index is 910. The lowest BCUT2D eigenvalue weighted by Crippen LogP contribution is -2.44. The molecule has 1 aliphatic carbocycles. The molecule has 28 heavy (non-hydrogen) atoms. The number of carbonyl (C=O) groups excluding carboxylic acids is 2. The number of fused-ring (bicyclic) bond motifs is 2. The van der Waals surface area contributed by atoms with Gasteiger partial charge in [0.15, 0.2) is 0 Å². The molecule has 1 saturated heterocycles. The van der Waals surface area contributed by atoms with E-state index in [0.717, 1.165) is 5.56 Å². The van der Waals surface area contributed by atoms with Gasteiger partial charge in [-0.1, -0.05) is 17.7 Å². The molecule has 1 heterocycles. The zero-order chi connectivity index (χ0) is 20.5. The van der Waals surface area contributed by atoms with Crippen LogP contribution in [0.4, 0.5) is 0 Å². The minimum Gasteiger partial charge on any atom is -0.463 e. The summed E-state index contributed by atoms with van der Waals surface area (Å²) in [4.78, 5) is 25.0. The number of nitrogens with one attached hydrogen (secondary N) is 1. The van der Waals surface area contributed by atoms with Gasteiger partial charge in [-0.2, -0.15) is 13.5 Å². The molecule has 2 bridgehead atoms. The highest BCUT2D eigenvalue weighted by atomic mass is 32.2. The fraction of sp³-hybridized carbons (Fsp3) is 0.500. The van der Waals surface area contributed by atoms with Crippen LogP contribution >= 0.6 is 0 Å². The van der Waals surface area contributed by atoms with Gasteiger partial charge in [-0.3, -0.25) is 9.59 Å². The molecule has 0 radical (unpaired) electrons. The first-order valence-electron chi connectivity index (χ1n) is 8.72. The molecule has 3 rings (SSSR count). The number of aryl methyl sites for hydroxylation is 1. The van der Waals surface area contributed by atoms with E-state index in [1.165, 1.54) is 26.0 Å². The van der Waals surface area contributed by atoms with Gasteiger partial charge in [-0.25, -0.2) is 4.83 Å². The van der Waals surface area contributed by atoms with Crippen LogP contribution in [0.5, 0.6) is 0 Å². The van der Waals surface area contributed by atoms with E-state index in [2.05, 4.69) is 9.93 Å². The molecule has 1 saturated carbocycles. The molecular weight excluding hydrogens is 388 g/mol. The van der Waals surface area contributed by atoms with Crippen LogP contribution in [0.15, 0.2) is 34.3 Å². The van der Waals surface area contributed by atoms with Crippen LogP contribution in [0.25, 0.3) is 0 Å². The number of ether oxygens (including phenoxy) is 3. The summed E-state index contributed by atoms with van der Waals surface area (Å²) in [7, 11) is -3.84. The Balaban J connectivity index is 1.81. The third kappa shape index (κ3) is 4.02. The maximum Gasteiger partial charge on any atom is 0.303 e. The largest absolute Gasteiger partial charge is 0.463 e. The average Bonchev–Trinajstić information content (AvgIpc) is 3.10. The SMILES string of the molecule is CC(=O)OC[C@@]12C/C(=N/NS(=O)(=O)c3ccc(C)cc3)[C@@H](CO1)[C@@H]2OC(C)=O. The molecule has 1 aromatic carbocycles. The summed E-state index contributed by atoms with van der Waals surface area (Å²) in [5, 5.41) is 4.07. The van der Waals surface area contributed by atoms with Crippen LogP contribution in [-0.4, -0.2) is 51.0 Å². The first-order chi connectivity index (χ1) is 13.1. The molecule has 10 heteroatoms. The molecule has 9 nitrogen and oxygen atoms in total. The van der Waals surface area contributed by atoms with Gasteiger partial charge in [0.25, 0.3) is 10.0 Å². The first kappa shape index (κ1) is 20.3. The predicted octanol–water partition coefficient (Wildman–Crippen LogP) is 0.913. The van der Waals surface area contributed by atoms with Crippen molar-refractivity contribution in [2.75, 3.05) is 13.2 Å². The number of nitrogens with zero attached hydrogens (tertiary/aromatic N) is 1. The summed E-state index contributed by atoms with van der Waals surface area (Å²) in [6, 6.07) is 6.37. The number of esters is 2. The second-order valence-electron chi connectivity index (χ2n) is 6.98. The smallest absolute Gasteiger partial charge is 0.303 e. The number of hydrogen-bond acceptors (Lipinski definition) is 8. The highest BCUT2D eigenvalue weighted by molar-refractivity contribution is 7.89. The van der Waals surface area contributed by atoms with Crippen molar-refractivity contribution < 1.29 is 32.2 Å². The number of rotatable bonds is 6. The second-order valence-corrected chi connectivity index (χ2v) is 8.64. The molecular formula is C18H22N2O7S. The quantitative estimate of drug-likeness (QED) is 0.547. The number of benzene rings is 1. The molecule has 152 valence electrons. The van der Waals surface area contributed by atoms with Gasteiger partial charge in [-0.05, 0) is 19.1 Å². The topological polar surface area (TPSA) is 120 Å². The van der Waals surface area contributed by atoms with Gasteiger partial charge in [0.1, 0.15) is 18.3 Å². The van der Waals surface area contributed by atoms with Crippen molar-refractivity contribution in [1.29, 1.82) is 0 Å². The Kier molecular flexibility index (Phi) is 5.44. The monoisotopic (exact) mass is 410 g/mol. The molecule has 1 N–H and O–H groups in total. The Morgan fingerprint density at radius 3 is 2.54 bits per heavy atom. The maximum atomic E-state index is 12.5. The van der Waals surface area contributed by atoms with E-state index in [1.54, 1.807) is 12.1 Å². The number of sulfonamides is 1. The molecule has 2 fully saturated rings. The third-order valence-electron chi connectivity index (χ3n) is 4.80. The van der Waals surface area contributed by atoms with Crippen molar-refractivity contribution in [3.05, 3.63) is 29.8 Å². The number of hydrazone groups is 1. The Labute approximate surface area is 163 Å². The lowest BCUT2D eigenvalue weighted by atomic mass is 10.0. The number of hydrogen-bond donors (Lipinski definition) is 1. The predicted molar refractivity (Wildman–Crippen MR) is 97.9 cm³/mol. The summed E-state index contributed by atoms with van der Waals surface area (Å²) >= 11 is 0. The van der Waals surface area contributed by atoms with E-state index in [0.29, 0.717) is 5.71 Å². The fourth-order valence-corrected chi connectivity index (χ4v) is 4.27. The first-order valence-corrected chi connectivity index (χ1v) is 10.2. The van der Waals surface area contributed by atoms with Crippen molar-refractivity contribution in [2.24, 2.45) is 11.0 Å². The van der Waals surface area contributed by atoms with Gasteiger partial charge in [-0.15, -0.1) is 0 Å². The van der Waals surface area contributed by atoms with Gasteiger partial charge in [0.05, 0.1) is 23.1 Å². The van der Waals surface area contributed by atoms with Crippen molar-refractivity contribution in [3.8, 4) is 0 Å². The summed E-state index contributed by atoms with van der Waals surface area (Å²) in [5.74, 6) is -1.41. The van der Waals surface area contributed by atoms with E-state index >= 15 is 0 Å². The fourth-order valence-electron chi connectivity index (χ4n) is 3.43. The van der Waals surface area contributed by atoms with Crippen LogP contribution in [0, 0.1) is 12.8 Å². The Morgan fingerprint density at radius 2 is 1.93 bits per heavy atom. The molecule has 0 amide bonds. The average molecular weight is 410 g/mol. The minimum atomic E-state index is -3.84. The van der Waals surface area contributed by atoms with Gasteiger partial charge in [0.2, 0.25) is 0 Å². The molecule has 1 aromatic rings. The molecule has 2 aliphatic rings. The second kappa shape index (κ2) is 7.51. The van der Waals surface area contributed by atoms with E-state index < -0.39 is 39.6 Å². The van der Waals surface area contributed by atoms with Gasteiger partial charge < -0.3 is 14.2 Å². The van der Waals surface area contributed by atoms with Gasteiger partial charge in [0, 0.05) is 20.3 Å². The molecule has 0 unspecified atom stereocenters. The Hall–Kier alpha value is -2.46. The highest BCUT2D eigenvalue weighted by Gasteiger charge is 2.61. The normalized spacial score (nSPS) is 27.6. The zero-order valence-corrected chi connectivity index (χ0v) is 16.6. The summed E-state index contributed by atoms with van der Waals surface area (Å²) in [6.45, 7) is 4.47. The van der Waals surface area contributed by atoms with Crippen molar-refractivity contribution in [1.82, 2.24) is 4.83 Å². The van der Waals surface area contributed by atoms with Crippen molar-refractivity contribution in [3.63, 3.8) is 0 Å². The Morgan fingerprint density at radius 1 is 1.25 bits per heavy atom. The van der Waals surface area contributed by atoms with Crippen molar-refractivity contribution >= 4 is 27.7 Å². The summed E-state index contributed by atoms with van der Waals surface area (Å²) in [5.41, 5.74) is 0.364. The van der Waals surface area contributed by atoms with E-state index in [9.17, 15) is 18.0 Å². The minimum absolute atomic E-state index is 0.0908. The zero-order valence-electron chi connectivity index (χ0n) is 15.8. The van der Waals surface area contributed by atoms with Crippen molar-refractivity contribution in [2.45, 2.75) is 43.8 Å². The van der Waals surface area contributed by atoms with Crippen LogP contribution < -0.4 is 4.83 Å². The summed E-state index contributed by atoms with van der Waals surface area (Å²) in [6.07, 6.45) is -0.522. The van der Waals surface area contributed by atoms with E-state index in [1.807, 2.05) is 6.92 Å².